The molecule has 0 spiro atoms. The van der Waals surface area contributed by atoms with Gasteiger partial charge in [-0.15, -0.1) is 0 Å². The SMILES string of the molecule is COC(=O)N/N=C\c1cc(N=Nc2ccccc2)ccc1O. The molecule has 2 N–H and O–H groups in total. The van der Waals surface area contributed by atoms with Gasteiger partial charge in [0.15, 0.2) is 0 Å². The van der Waals surface area contributed by atoms with Crippen molar-refractivity contribution in [1.29, 1.82) is 0 Å². The fourth-order valence-corrected chi connectivity index (χ4v) is 1.52. The normalized spacial score (nSPS) is 11.0. The minimum Gasteiger partial charge on any atom is -0.507 e. The van der Waals surface area contributed by atoms with E-state index in [-0.39, 0.29) is 5.75 Å². The molecule has 0 atom stereocenters. The zero-order chi connectivity index (χ0) is 15.8. The van der Waals surface area contributed by atoms with Crippen molar-refractivity contribution in [3.05, 3.63) is 54.1 Å². The second-order valence-corrected chi connectivity index (χ2v) is 4.14. The highest BCUT2D eigenvalue weighted by Gasteiger charge is 2.01. The van der Waals surface area contributed by atoms with Gasteiger partial charge in [-0.2, -0.15) is 15.3 Å². The highest BCUT2D eigenvalue weighted by molar-refractivity contribution is 5.85. The maximum Gasteiger partial charge on any atom is 0.427 e. The first kappa shape index (κ1) is 15.2. The van der Waals surface area contributed by atoms with Crippen molar-refractivity contribution in [1.82, 2.24) is 5.43 Å². The number of azo groups is 1. The Morgan fingerprint density at radius 2 is 1.86 bits per heavy atom. The van der Waals surface area contributed by atoms with Crippen LogP contribution in [0.25, 0.3) is 0 Å². The number of nitrogens with zero attached hydrogens (tertiary/aromatic N) is 3. The van der Waals surface area contributed by atoms with Crippen molar-refractivity contribution in [2.24, 2.45) is 15.3 Å². The second kappa shape index (κ2) is 7.53. The molecule has 2 aromatic rings. The number of hydrogen-bond acceptors (Lipinski definition) is 6. The van der Waals surface area contributed by atoms with Gasteiger partial charge in [-0.3, -0.25) is 0 Å². The molecule has 7 heteroatoms. The Morgan fingerprint density at radius 3 is 2.59 bits per heavy atom. The number of phenolic OH excluding ortho intramolecular Hbond substituents is 1. The van der Waals surface area contributed by atoms with E-state index in [4.69, 9.17) is 0 Å². The monoisotopic (exact) mass is 298 g/mol. The van der Waals surface area contributed by atoms with E-state index in [1.165, 1.54) is 19.4 Å². The van der Waals surface area contributed by atoms with Gasteiger partial charge in [0.1, 0.15) is 5.75 Å². The summed E-state index contributed by atoms with van der Waals surface area (Å²) in [6, 6.07) is 13.9. The predicted octanol–water partition coefficient (Wildman–Crippen LogP) is 3.50. The maximum atomic E-state index is 10.9. The lowest BCUT2D eigenvalue weighted by molar-refractivity contribution is 0.171. The third kappa shape index (κ3) is 4.41. The standard InChI is InChI=1S/C15H14N4O3/c1-22-15(21)19-16-10-11-9-13(7-8-14(11)20)18-17-12-5-3-2-4-6-12/h2-10,20H,1H3,(H,19,21)/b16-10-,18-17?. The van der Waals surface area contributed by atoms with Gasteiger partial charge < -0.3 is 9.84 Å². The molecule has 0 aliphatic rings. The number of aromatic hydroxyl groups is 1. The highest BCUT2D eigenvalue weighted by Crippen LogP contribution is 2.23. The summed E-state index contributed by atoms with van der Waals surface area (Å²) < 4.78 is 4.37. The van der Waals surface area contributed by atoms with Gasteiger partial charge in [-0.25, -0.2) is 10.2 Å². The summed E-state index contributed by atoms with van der Waals surface area (Å²) in [4.78, 5) is 10.9. The fraction of sp³-hybridized carbons (Fsp3) is 0.0667. The van der Waals surface area contributed by atoms with Crippen molar-refractivity contribution in [2.75, 3.05) is 7.11 Å². The predicted molar refractivity (Wildman–Crippen MR) is 81.9 cm³/mol. The molecule has 0 fully saturated rings. The first-order valence-corrected chi connectivity index (χ1v) is 6.36. The third-order valence-electron chi connectivity index (χ3n) is 2.59. The summed E-state index contributed by atoms with van der Waals surface area (Å²) in [7, 11) is 1.23. The molecule has 0 heterocycles. The third-order valence-corrected chi connectivity index (χ3v) is 2.59. The number of nitrogens with one attached hydrogen (secondary N) is 1. The molecular weight excluding hydrogens is 284 g/mol. The van der Waals surface area contributed by atoms with Crippen LogP contribution >= 0.6 is 0 Å². The Labute approximate surface area is 127 Å². The molecule has 0 unspecified atom stereocenters. The van der Waals surface area contributed by atoms with Crippen LogP contribution in [0.5, 0.6) is 5.75 Å². The number of carbonyl (C=O) groups is 1. The molecule has 112 valence electrons. The zero-order valence-corrected chi connectivity index (χ0v) is 11.8. The number of phenols is 1. The van der Waals surface area contributed by atoms with Crippen molar-refractivity contribution < 1.29 is 14.6 Å². The average Bonchev–Trinajstić information content (AvgIpc) is 2.56. The summed E-state index contributed by atoms with van der Waals surface area (Å²) in [5.41, 5.74) is 3.78. The molecule has 0 aliphatic heterocycles. The van der Waals surface area contributed by atoms with E-state index >= 15 is 0 Å². The number of rotatable bonds is 4. The number of hydrazone groups is 1. The Bertz CT molecular complexity index is 699. The van der Waals surface area contributed by atoms with E-state index in [9.17, 15) is 9.90 Å². The molecular formula is C15H14N4O3. The van der Waals surface area contributed by atoms with Crippen LogP contribution in [0.15, 0.2) is 63.9 Å². The molecule has 0 bridgehead atoms. The lowest BCUT2D eigenvalue weighted by Crippen LogP contribution is -2.16. The lowest BCUT2D eigenvalue weighted by Gasteiger charge is -2.00. The number of hydrogen-bond donors (Lipinski definition) is 2. The molecule has 0 aromatic heterocycles. The number of amides is 1. The molecule has 2 aromatic carbocycles. The Balaban J connectivity index is 2.13. The lowest BCUT2D eigenvalue weighted by atomic mass is 10.2. The molecule has 2 rings (SSSR count). The van der Waals surface area contributed by atoms with Crippen molar-refractivity contribution in [2.45, 2.75) is 0 Å². The summed E-state index contributed by atoms with van der Waals surface area (Å²) in [6.07, 6.45) is 0.587. The quantitative estimate of drug-likeness (QED) is 0.513. The van der Waals surface area contributed by atoms with Crippen LogP contribution in [0.1, 0.15) is 5.56 Å². The van der Waals surface area contributed by atoms with Crippen molar-refractivity contribution >= 4 is 23.7 Å². The van der Waals surface area contributed by atoms with Gasteiger partial charge >= 0.3 is 6.09 Å². The number of benzene rings is 2. The van der Waals surface area contributed by atoms with Gasteiger partial charge in [0.05, 0.1) is 24.7 Å². The van der Waals surface area contributed by atoms with Gasteiger partial charge in [0, 0.05) is 5.56 Å². The highest BCUT2D eigenvalue weighted by atomic mass is 16.5. The van der Waals surface area contributed by atoms with Crippen molar-refractivity contribution in [3.8, 4) is 5.75 Å². The summed E-state index contributed by atoms with van der Waals surface area (Å²) in [5.74, 6) is 0.00840. The first-order chi connectivity index (χ1) is 10.7. The van der Waals surface area contributed by atoms with Gasteiger partial charge in [0.25, 0.3) is 0 Å². The van der Waals surface area contributed by atoms with Crippen LogP contribution < -0.4 is 5.43 Å². The van der Waals surface area contributed by atoms with E-state index in [1.54, 1.807) is 12.1 Å². The van der Waals surface area contributed by atoms with Crippen LogP contribution in [0, 0.1) is 0 Å². The van der Waals surface area contributed by atoms with Crippen LogP contribution in [0.2, 0.25) is 0 Å². The maximum absolute atomic E-state index is 10.9. The minimum atomic E-state index is -0.698. The molecule has 7 nitrogen and oxygen atoms in total. The number of ether oxygens (including phenoxy) is 1. The molecule has 0 saturated carbocycles. The van der Waals surface area contributed by atoms with Crippen molar-refractivity contribution in [3.63, 3.8) is 0 Å². The minimum absolute atomic E-state index is 0.00840. The second-order valence-electron chi connectivity index (χ2n) is 4.14. The summed E-state index contributed by atoms with van der Waals surface area (Å²) in [6.45, 7) is 0. The largest absolute Gasteiger partial charge is 0.507 e. The van der Waals surface area contributed by atoms with Crippen LogP contribution in [-0.4, -0.2) is 24.5 Å². The topological polar surface area (TPSA) is 95.6 Å². The van der Waals surface area contributed by atoms with Gasteiger partial charge in [0.2, 0.25) is 0 Å². The fourth-order valence-electron chi connectivity index (χ4n) is 1.52. The Hall–Kier alpha value is -3.22. The van der Waals surface area contributed by atoms with Gasteiger partial charge in [-0.05, 0) is 30.3 Å². The van der Waals surface area contributed by atoms with E-state index < -0.39 is 6.09 Å². The molecule has 22 heavy (non-hydrogen) atoms. The molecule has 0 radical (unpaired) electrons. The number of carbonyl (C=O) groups excluding carboxylic acids is 1. The molecule has 0 aliphatic carbocycles. The molecule has 1 amide bonds. The summed E-state index contributed by atoms with van der Waals surface area (Å²) in [5, 5.41) is 21.5. The van der Waals surface area contributed by atoms with Gasteiger partial charge in [-0.1, -0.05) is 18.2 Å². The summed E-state index contributed by atoms with van der Waals surface area (Å²) >= 11 is 0. The smallest absolute Gasteiger partial charge is 0.427 e. The van der Waals surface area contributed by atoms with Crippen LogP contribution in [0.4, 0.5) is 16.2 Å². The van der Waals surface area contributed by atoms with E-state index in [2.05, 4.69) is 25.5 Å². The van der Waals surface area contributed by atoms with Crippen LogP contribution in [0.3, 0.4) is 0 Å². The molecule has 0 saturated heterocycles. The Morgan fingerprint density at radius 1 is 1.14 bits per heavy atom. The van der Waals surface area contributed by atoms with E-state index in [1.807, 2.05) is 30.3 Å². The average molecular weight is 298 g/mol. The Kier molecular flexibility index (Phi) is 5.20. The van der Waals surface area contributed by atoms with Crippen LogP contribution in [-0.2, 0) is 4.74 Å². The number of methoxy groups -OCH3 is 1. The first-order valence-electron chi connectivity index (χ1n) is 6.36. The van der Waals surface area contributed by atoms with E-state index in [0.717, 1.165) is 5.69 Å². The zero-order valence-electron chi connectivity index (χ0n) is 11.8. The van der Waals surface area contributed by atoms with E-state index in [0.29, 0.717) is 11.3 Å².